The Balaban J connectivity index is 2.10. The summed E-state index contributed by atoms with van der Waals surface area (Å²) in [6.07, 6.45) is 3.61. The second-order valence-corrected chi connectivity index (χ2v) is 3.41. The van der Waals surface area contributed by atoms with E-state index in [0.717, 1.165) is 25.0 Å². The molecule has 0 N–H and O–H groups in total. The lowest BCUT2D eigenvalue weighted by molar-refractivity contribution is 0.0149. The first-order valence-electron chi connectivity index (χ1n) is 4.73. The first-order chi connectivity index (χ1) is 6.36. The zero-order valence-corrected chi connectivity index (χ0v) is 7.50. The molecule has 1 aromatic rings. The normalized spacial score (nSPS) is 23.0. The van der Waals surface area contributed by atoms with Crippen molar-refractivity contribution in [3.8, 4) is 0 Å². The van der Waals surface area contributed by atoms with E-state index < -0.39 is 0 Å². The maximum atomic E-state index is 12.6. The molecule has 0 unspecified atom stereocenters. The van der Waals surface area contributed by atoms with Crippen LogP contribution in [0.4, 0.5) is 4.39 Å². The van der Waals surface area contributed by atoms with E-state index in [9.17, 15) is 4.39 Å². The largest absolute Gasteiger partial charge is 0.374 e. The third-order valence-electron chi connectivity index (χ3n) is 2.42. The van der Waals surface area contributed by atoms with Crippen molar-refractivity contribution in [3.63, 3.8) is 0 Å². The van der Waals surface area contributed by atoms with Gasteiger partial charge in [-0.15, -0.1) is 0 Å². The van der Waals surface area contributed by atoms with E-state index in [1.165, 1.54) is 18.6 Å². The molecule has 0 amide bonds. The molecule has 1 aromatic carbocycles. The van der Waals surface area contributed by atoms with Crippen molar-refractivity contribution in [3.05, 3.63) is 35.6 Å². The van der Waals surface area contributed by atoms with Crippen molar-refractivity contribution in [2.24, 2.45) is 0 Å². The molecule has 0 saturated carbocycles. The molecule has 1 atom stereocenters. The number of hydrogen-bond acceptors (Lipinski definition) is 1. The van der Waals surface area contributed by atoms with Crippen molar-refractivity contribution >= 4 is 0 Å². The predicted octanol–water partition coefficient (Wildman–Crippen LogP) is 3.07. The van der Waals surface area contributed by atoms with Crippen LogP contribution in [-0.4, -0.2) is 6.61 Å². The quantitative estimate of drug-likeness (QED) is 0.645. The first-order valence-corrected chi connectivity index (χ1v) is 4.73. The number of ether oxygens (including phenoxy) is 1. The number of halogens is 1. The molecule has 0 radical (unpaired) electrons. The summed E-state index contributed by atoms with van der Waals surface area (Å²) in [6, 6.07) is 6.61. The highest BCUT2D eigenvalue weighted by molar-refractivity contribution is 5.18. The minimum Gasteiger partial charge on any atom is -0.374 e. The molecule has 1 heterocycles. The Labute approximate surface area is 77.5 Å². The van der Waals surface area contributed by atoms with E-state index in [-0.39, 0.29) is 11.9 Å². The van der Waals surface area contributed by atoms with Gasteiger partial charge in [0.15, 0.2) is 0 Å². The summed E-state index contributed by atoms with van der Waals surface area (Å²) in [6.45, 7) is 0.835. The second-order valence-electron chi connectivity index (χ2n) is 3.41. The maximum Gasteiger partial charge on any atom is 0.123 e. The van der Waals surface area contributed by atoms with Crippen molar-refractivity contribution in [1.82, 2.24) is 0 Å². The second kappa shape index (κ2) is 3.88. The molecule has 13 heavy (non-hydrogen) atoms. The molecule has 2 rings (SSSR count). The Morgan fingerprint density at radius 2 is 1.92 bits per heavy atom. The van der Waals surface area contributed by atoms with Gasteiger partial charge in [-0.05, 0) is 37.0 Å². The van der Waals surface area contributed by atoms with Crippen molar-refractivity contribution in [1.29, 1.82) is 0 Å². The molecule has 1 nitrogen and oxygen atoms in total. The van der Waals surface area contributed by atoms with Crippen LogP contribution < -0.4 is 0 Å². The molecule has 70 valence electrons. The number of rotatable bonds is 1. The highest BCUT2D eigenvalue weighted by Gasteiger charge is 2.15. The smallest absolute Gasteiger partial charge is 0.123 e. The van der Waals surface area contributed by atoms with Crippen LogP contribution in [0.25, 0.3) is 0 Å². The monoisotopic (exact) mass is 180 g/mol. The average Bonchev–Trinajstić information content (AvgIpc) is 2.20. The summed E-state index contributed by atoms with van der Waals surface area (Å²) in [5.74, 6) is -0.181. The van der Waals surface area contributed by atoms with Gasteiger partial charge >= 0.3 is 0 Å². The molecule has 0 aliphatic carbocycles. The lowest BCUT2D eigenvalue weighted by atomic mass is 10.0. The lowest BCUT2D eigenvalue weighted by Gasteiger charge is -2.22. The van der Waals surface area contributed by atoms with Crippen LogP contribution >= 0.6 is 0 Å². The van der Waals surface area contributed by atoms with E-state index in [0.29, 0.717) is 0 Å². The van der Waals surface area contributed by atoms with E-state index in [1.54, 1.807) is 0 Å². The third kappa shape index (κ3) is 2.07. The minimum atomic E-state index is -0.181. The maximum absolute atomic E-state index is 12.6. The van der Waals surface area contributed by atoms with E-state index >= 15 is 0 Å². The van der Waals surface area contributed by atoms with Crippen LogP contribution in [0.2, 0.25) is 0 Å². The minimum absolute atomic E-state index is 0.181. The standard InChI is InChI=1S/C11H13FO/c12-10-6-4-9(5-7-10)11-3-1-2-8-13-11/h4-7,11H,1-3,8H2/t11-/m0/s1. The topological polar surface area (TPSA) is 9.23 Å². The summed E-state index contributed by atoms with van der Waals surface area (Å²) in [5.41, 5.74) is 1.10. The molecular weight excluding hydrogens is 167 g/mol. The van der Waals surface area contributed by atoms with Crippen LogP contribution in [0.5, 0.6) is 0 Å². The SMILES string of the molecule is Fc1ccc([C@@H]2CCCCO2)cc1. The zero-order valence-electron chi connectivity index (χ0n) is 7.50. The molecule has 1 aliphatic heterocycles. The highest BCUT2D eigenvalue weighted by atomic mass is 19.1. The molecule has 1 aliphatic rings. The molecule has 1 fully saturated rings. The van der Waals surface area contributed by atoms with Gasteiger partial charge in [-0.2, -0.15) is 0 Å². The molecule has 2 heteroatoms. The van der Waals surface area contributed by atoms with Gasteiger partial charge < -0.3 is 4.74 Å². The fourth-order valence-electron chi connectivity index (χ4n) is 1.68. The predicted molar refractivity (Wildman–Crippen MR) is 48.9 cm³/mol. The zero-order chi connectivity index (χ0) is 9.10. The summed E-state index contributed by atoms with van der Waals surface area (Å²) in [7, 11) is 0. The van der Waals surface area contributed by atoms with Crippen LogP contribution in [-0.2, 0) is 4.74 Å². The van der Waals surface area contributed by atoms with Gasteiger partial charge in [0.1, 0.15) is 5.82 Å². The van der Waals surface area contributed by atoms with E-state index in [2.05, 4.69) is 0 Å². The Morgan fingerprint density at radius 1 is 1.15 bits per heavy atom. The van der Waals surface area contributed by atoms with Gasteiger partial charge in [-0.3, -0.25) is 0 Å². The number of benzene rings is 1. The van der Waals surface area contributed by atoms with Gasteiger partial charge in [0.05, 0.1) is 6.10 Å². The summed E-state index contributed by atoms with van der Waals surface area (Å²) >= 11 is 0. The van der Waals surface area contributed by atoms with Gasteiger partial charge in [0.25, 0.3) is 0 Å². The average molecular weight is 180 g/mol. The van der Waals surface area contributed by atoms with Crippen molar-refractivity contribution < 1.29 is 9.13 Å². The lowest BCUT2D eigenvalue weighted by Crippen LogP contribution is -2.11. The van der Waals surface area contributed by atoms with Crippen LogP contribution in [0.15, 0.2) is 24.3 Å². The van der Waals surface area contributed by atoms with Gasteiger partial charge in [0, 0.05) is 6.61 Å². The van der Waals surface area contributed by atoms with Gasteiger partial charge in [-0.1, -0.05) is 12.1 Å². The molecular formula is C11H13FO. The fraction of sp³-hybridized carbons (Fsp3) is 0.455. The first kappa shape index (κ1) is 8.70. The van der Waals surface area contributed by atoms with Crippen LogP contribution in [0.1, 0.15) is 30.9 Å². The molecule has 0 bridgehead atoms. The van der Waals surface area contributed by atoms with E-state index in [1.807, 2.05) is 12.1 Å². The Bertz CT molecular complexity index is 262. The Morgan fingerprint density at radius 3 is 2.54 bits per heavy atom. The van der Waals surface area contributed by atoms with E-state index in [4.69, 9.17) is 4.74 Å². The molecule has 1 saturated heterocycles. The number of hydrogen-bond donors (Lipinski definition) is 0. The van der Waals surface area contributed by atoms with Gasteiger partial charge in [-0.25, -0.2) is 4.39 Å². The summed E-state index contributed by atoms with van der Waals surface area (Å²) < 4.78 is 18.2. The molecule has 0 spiro atoms. The fourth-order valence-corrected chi connectivity index (χ4v) is 1.68. The van der Waals surface area contributed by atoms with Crippen LogP contribution in [0.3, 0.4) is 0 Å². The summed E-state index contributed by atoms with van der Waals surface area (Å²) in [5, 5.41) is 0. The highest BCUT2D eigenvalue weighted by Crippen LogP contribution is 2.27. The Kier molecular flexibility index (Phi) is 2.60. The van der Waals surface area contributed by atoms with Crippen molar-refractivity contribution in [2.45, 2.75) is 25.4 Å². The van der Waals surface area contributed by atoms with Crippen molar-refractivity contribution in [2.75, 3.05) is 6.61 Å². The van der Waals surface area contributed by atoms with Crippen LogP contribution in [0, 0.1) is 5.82 Å². The van der Waals surface area contributed by atoms with Gasteiger partial charge in [0.2, 0.25) is 0 Å². The molecule has 0 aromatic heterocycles. The third-order valence-corrected chi connectivity index (χ3v) is 2.42. The Hall–Kier alpha value is -0.890. The summed E-state index contributed by atoms with van der Waals surface area (Å²) in [4.78, 5) is 0.